The maximum absolute atomic E-state index is 6.30. The maximum atomic E-state index is 6.30. The van der Waals surface area contributed by atoms with Crippen LogP contribution in [0.5, 0.6) is 0 Å². The Morgan fingerprint density at radius 3 is 1.30 bits per heavy atom. The third-order valence-corrected chi connectivity index (χ3v) is 24.8. The van der Waals surface area contributed by atoms with Gasteiger partial charge in [-0.3, -0.25) is 0 Å². The van der Waals surface area contributed by atoms with Crippen molar-refractivity contribution in [3.05, 3.63) is 0 Å². The average molecular weight is 451 g/mol. The molecule has 120 valence electrons. The van der Waals surface area contributed by atoms with Gasteiger partial charge in [0.15, 0.2) is 0 Å². The van der Waals surface area contributed by atoms with Gasteiger partial charge >= 0.3 is 0 Å². The molecule has 0 saturated carbocycles. The van der Waals surface area contributed by atoms with Gasteiger partial charge in [-0.25, -0.2) is 9.03 Å². The summed E-state index contributed by atoms with van der Waals surface area (Å²) in [7, 11) is -4.82. The van der Waals surface area contributed by atoms with E-state index < -0.39 is 35.2 Å². The van der Waals surface area contributed by atoms with Gasteiger partial charge in [0.1, 0.15) is 0 Å². The predicted octanol–water partition coefficient (Wildman–Crippen LogP) is 8.72. The van der Waals surface area contributed by atoms with Crippen LogP contribution in [0.15, 0.2) is 13.5 Å². The number of nitrogens with zero attached hydrogens (tertiary/aromatic N) is 3. The van der Waals surface area contributed by atoms with Crippen molar-refractivity contribution in [1.29, 1.82) is 0 Å². The summed E-state index contributed by atoms with van der Waals surface area (Å²) in [6.07, 6.45) is 0. The Balaban J connectivity index is 3.52. The van der Waals surface area contributed by atoms with Crippen LogP contribution in [0, 0.1) is 0 Å². The second kappa shape index (κ2) is 6.30. The lowest BCUT2D eigenvalue weighted by Crippen LogP contribution is -2.32. The molecule has 0 aliphatic carbocycles. The molecule has 20 heavy (non-hydrogen) atoms. The highest BCUT2D eigenvalue weighted by Gasteiger charge is 2.39. The van der Waals surface area contributed by atoms with E-state index in [9.17, 15) is 0 Å². The normalized spacial score (nSPS) is 24.3. The molecule has 0 amide bonds. The first-order chi connectivity index (χ1) is 8.54. The predicted molar refractivity (Wildman–Crippen MR) is 108 cm³/mol. The molecule has 0 fully saturated rings. The van der Waals surface area contributed by atoms with E-state index in [1.54, 1.807) is 0 Å². The monoisotopic (exact) mass is 449 g/mol. The molecule has 3 nitrogen and oxygen atoms in total. The summed E-state index contributed by atoms with van der Waals surface area (Å²) < 4.78 is 13.6. The molecule has 0 unspecified atom stereocenters. The van der Waals surface area contributed by atoms with E-state index in [0.717, 1.165) is 11.6 Å². The van der Waals surface area contributed by atoms with Gasteiger partial charge in [0.05, 0.1) is 23.4 Å². The summed E-state index contributed by atoms with van der Waals surface area (Å²) in [4.78, 5) is 0. The van der Waals surface area contributed by atoms with Crippen molar-refractivity contribution >= 4 is 80.1 Å². The van der Waals surface area contributed by atoms with Gasteiger partial charge in [0.25, 0.3) is 11.8 Å². The molecule has 0 radical (unpaired) electrons. The minimum Gasteiger partial charge on any atom is -0.214 e. The Bertz CT molecular complexity index is 525. The average Bonchev–Trinajstić information content (AvgIpc) is 1.83. The molecular formula is C8H22Cl4N3P3Si2. The highest BCUT2D eigenvalue weighted by atomic mass is 35.9. The standard InChI is InChI=1S/C8H22Cl4N3P3Si2/c1-19(2,3)7-16(8-20(4,5)6)13-17(9,10)15-18(11,12)14-16/h7-8H2,1-6H3. The Kier molecular flexibility index (Phi) is 6.40. The summed E-state index contributed by atoms with van der Waals surface area (Å²) in [5, 5.41) is 0. The SMILES string of the molecule is C[Si](C)(C)CP1(C[Si](C)(C)C)=NP(Cl)(Cl)=NP(Cl)(Cl)=N1. The molecule has 12 heteroatoms. The number of rotatable bonds is 4. The lowest BCUT2D eigenvalue weighted by Gasteiger charge is -2.34. The van der Waals surface area contributed by atoms with Gasteiger partial charge in [0, 0.05) is 0 Å². The summed E-state index contributed by atoms with van der Waals surface area (Å²) in [6.45, 7) is 13.8. The zero-order chi connectivity index (χ0) is 16.0. The van der Waals surface area contributed by atoms with Crippen molar-refractivity contribution in [3.8, 4) is 0 Å². The van der Waals surface area contributed by atoms with Crippen molar-refractivity contribution < 1.29 is 0 Å². The van der Waals surface area contributed by atoms with Crippen LogP contribution in [0.4, 0.5) is 0 Å². The molecular weight excluding hydrogens is 429 g/mol. The first-order valence-corrected chi connectivity index (χ1v) is 22.7. The van der Waals surface area contributed by atoms with Crippen molar-refractivity contribution in [2.75, 3.05) is 11.6 Å². The molecule has 0 bridgehead atoms. The molecule has 0 aromatic carbocycles. The third kappa shape index (κ3) is 7.24. The molecule has 0 saturated heterocycles. The van der Waals surface area contributed by atoms with Crippen LogP contribution in [0.3, 0.4) is 0 Å². The van der Waals surface area contributed by atoms with Crippen molar-refractivity contribution in [2.24, 2.45) is 13.5 Å². The first-order valence-electron chi connectivity index (χ1n) is 6.22. The van der Waals surface area contributed by atoms with Crippen molar-refractivity contribution in [3.63, 3.8) is 0 Å². The molecule has 0 aromatic rings. The Morgan fingerprint density at radius 1 is 0.650 bits per heavy atom. The minimum absolute atomic E-state index is 0.974. The second-order valence-electron chi connectivity index (χ2n) is 7.50. The van der Waals surface area contributed by atoms with E-state index in [4.69, 9.17) is 54.0 Å². The first kappa shape index (κ1) is 20.3. The minimum atomic E-state index is -2.77. The summed E-state index contributed by atoms with van der Waals surface area (Å²) in [6, 6.07) is 0. The van der Waals surface area contributed by atoms with Crippen LogP contribution in [-0.4, -0.2) is 27.7 Å². The van der Waals surface area contributed by atoms with E-state index in [1.165, 1.54) is 0 Å². The molecule has 1 heterocycles. The molecule has 1 rings (SSSR count). The zero-order valence-electron chi connectivity index (χ0n) is 12.6. The lowest BCUT2D eigenvalue weighted by molar-refractivity contribution is 1.53. The maximum Gasteiger partial charge on any atom is 0.255 e. The van der Waals surface area contributed by atoms with Crippen LogP contribution in [0.1, 0.15) is 0 Å². The summed E-state index contributed by atoms with van der Waals surface area (Å²) in [5.41, 5.74) is 0. The fourth-order valence-electron chi connectivity index (χ4n) is 2.29. The molecule has 0 spiro atoms. The fourth-order valence-corrected chi connectivity index (χ4v) is 34.1. The second-order valence-corrected chi connectivity index (χ2v) is 32.7. The highest BCUT2D eigenvalue weighted by Crippen LogP contribution is 2.85. The fraction of sp³-hybridized carbons (Fsp3) is 1.00. The van der Waals surface area contributed by atoms with Gasteiger partial charge in [-0.05, 0) is 56.5 Å². The zero-order valence-corrected chi connectivity index (χ0v) is 20.3. The smallest absolute Gasteiger partial charge is 0.214 e. The van der Waals surface area contributed by atoms with E-state index in [-0.39, 0.29) is 0 Å². The van der Waals surface area contributed by atoms with Gasteiger partial charge < -0.3 is 0 Å². The van der Waals surface area contributed by atoms with E-state index in [2.05, 4.69) is 43.8 Å². The van der Waals surface area contributed by atoms with Gasteiger partial charge in [-0.15, -0.1) is 0 Å². The Morgan fingerprint density at radius 2 is 1.00 bits per heavy atom. The van der Waals surface area contributed by atoms with E-state index in [0.29, 0.717) is 0 Å². The van der Waals surface area contributed by atoms with Crippen molar-refractivity contribution in [1.82, 2.24) is 0 Å². The number of hydrogen-bond acceptors (Lipinski definition) is 3. The quantitative estimate of drug-likeness (QED) is 0.303. The molecule has 1 aliphatic heterocycles. The van der Waals surface area contributed by atoms with E-state index >= 15 is 0 Å². The summed E-state index contributed by atoms with van der Waals surface area (Å²) in [5.74, 6) is -3.59. The highest BCUT2D eigenvalue weighted by molar-refractivity contribution is 8.21. The lowest BCUT2D eigenvalue weighted by atomic mass is 11.7. The van der Waals surface area contributed by atoms with Crippen LogP contribution in [-0.2, 0) is 0 Å². The van der Waals surface area contributed by atoms with Crippen LogP contribution < -0.4 is 0 Å². The van der Waals surface area contributed by atoms with Gasteiger partial charge in [-0.1, -0.05) is 39.3 Å². The number of hydrogen-bond donors (Lipinski definition) is 0. The molecule has 0 atom stereocenters. The van der Waals surface area contributed by atoms with Gasteiger partial charge in [0.2, 0.25) is 0 Å². The van der Waals surface area contributed by atoms with E-state index in [1.807, 2.05) is 0 Å². The Hall–Kier alpha value is 2.28. The van der Waals surface area contributed by atoms with Crippen LogP contribution in [0.2, 0.25) is 39.3 Å². The largest absolute Gasteiger partial charge is 0.255 e. The van der Waals surface area contributed by atoms with Crippen LogP contribution >= 0.6 is 64.0 Å². The van der Waals surface area contributed by atoms with Gasteiger partial charge in [-0.2, -0.15) is 4.52 Å². The molecule has 0 aromatic heterocycles. The molecule has 0 N–H and O–H groups in total. The topological polar surface area (TPSA) is 37.1 Å². The Labute approximate surface area is 144 Å². The number of halogens is 4. The molecule has 1 aliphatic rings. The van der Waals surface area contributed by atoms with Crippen LogP contribution in [0.25, 0.3) is 0 Å². The van der Waals surface area contributed by atoms with Crippen molar-refractivity contribution in [2.45, 2.75) is 39.3 Å². The summed E-state index contributed by atoms with van der Waals surface area (Å²) >= 11 is 25.2. The third-order valence-electron chi connectivity index (χ3n) is 2.22.